The van der Waals surface area contributed by atoms with E-state index in [9.17, 15) is 4.79 Å². The van der Waals surface area contributed by atoms with Gasteiger partial charge in [0.2, 0.25) is 5.91 Å². The molecule has 0 aromatic heterocycles. The Kier molecular flexibility index (Phi) is 7.69. The Balaban J connectivity index is 1.28. The van der Waals surface area contributed by atoms with Crippen molar-refractivity contribution in [3.8, 4) is 0 Å². The summed E-state index contributed by atoms with van der Waals surface area (Å²) in [7, 11) is 1.72. The van der Waals surface area contributed by atoms with Gasteiger partial charge in [-0.3, -0.25) is 9.69 Å². The van der Waals surface area contributed by atoms with E-state index in [1.165, 1.54) is 21.9 Å². The minimum atomic E-state index is 0.0308. The van der Waals surface area contributed by atoms with Gasteiger partial charge in [0, 0.05) is 32.8 Å². The highest BCUT2D eigenvalue weighted by Gasteiger charge is 2.21. The lowest BCUT2D eigenvalue weighted by Crippen LogP contribution is -2.44. The van der Waals surface area contributed by atoms with Crippen molar-refractivity contribution in [1.82, 2.24) is 10.2 Å². The second-order valence-corrected chi connectivity index (χ2v) is 9.31. The van der Waals surface area contributed by atoms with Gasteiger partial charge in [-0.15, -0.1) is 0 Å². The third-order valence-corrected chi connectivity index (χ3v) is 6.73. The number of benzene rings is 3. The number of ether oxygens (including phenoxy) is 1. The minimum Gasteiger partial charge on any atom is -0.380 e. The van der Waals surface area contributed by atoms with Crippen LogP contribution in [0.3, 0.4) is 0 Å². The number of fused-ring (bicyclic) bond motifs is 1. The van der Waals surface area contributed by atoms with Gasteiger partial charge in [-0.05, 0) is 64.6 Å². The zero-order valence-electron chi connectivity index (χ0n) is 18.2. The molecule has 4 rings (SSSR count). The molecule has 3 aromatic rings. The zero-order valence-corrected chi connectivity index (χ0v) is 19.8. The summed E-state index contributed by atoms with van der Waals surface area (Å²) in [5.74, 6) is 0.0308. The molecular formula is C26H28Cl2N2O2. The highest BCUT2D eigenvalue weighted by atomic mass is 35.5. The van der Waals surface area contributed by atoms with Gasteiger partial charge in [0.05, 0.1) is 23.1 Å². The number of methoxy groups -OCH3 is 1. The Morgan fingerprint density at radius 2 is 1.62 bits per heavy atom. The van der Waals surface area contributed by atoms with E-state index in [2.05, 4.69) is 46.6 Å². The van der Waals surface area contributed by atoms with E-state index in [1.54, 1.807) is 19.2 Å². The lowest BCUT2D eigenvalue weighted by Gasteiger charge is -2.32. The fourth-order valence-corrected chi connectivity index (χ4v) is 4.63. The number of nitrogens with zero attached hydrogens (tertiary/aromatic N) is 1. The van der Waals surface area contributed by atoms with Crippen LogP contribution in [0.2, 0.25) is 10.0 Å². The van der Waals surface area contributed by atoms with Crippen LogP contribution in [0.1, 0.15) is 29.5 Å². The summed E-state index contributed by atoms with van der Waals surface area (Å²) in [6.45, 7) is 3.50. The van der Waals surface area contributed by atoms with Gasteiger partial charge in [0.1, 0.15) is 0 Å². The van der Waals surface area contributed by atoms with Gasteiger partial charge in [0.25, 0.3) is 0 Å². The SMILES string of the molecule is COCc1ccc2ccc(CN3CCC(NC(=O)Cc4ccc(Cl)c(Cl)c4)CC3)cc2c1. The van der Waals surface area contributed by atoms with Gasteiger partial charge in [-0.1, -0.05) is 53.5 Å². The Morgan fingerprint density at radius 3 is 2.34 bits per heavy atom. The van der Waals surface area contributed by atoms with Crippen LogP contribution >= 0.6 is 23.2 Å². The van der Waals surface area contributed by atoms with Crippen LogP contribution in [-0.4, -0.2) is 37.0 Å². The first-order valence-electron chi connectivity index (χ1n) is 11.0. The third-order valence-electron chi connectivity index (χ3n) is 5.99. The quantitative estimate of drug-likeness (QED) is 0.487. The topological polar surface area (TPSA) is 41.6 Å². The Labute approximate surface area is 199 Å². The summed E-state index contributed by atoms with van der Waals surface area (Å²) < 4.78 is 5.26. The number of nitrogens with one attached hydrogen (secondary N) is 1. The van der Waals surface area contributed by atoms with Crippen molar-refractivity contribution < 1.29 is 9.53 Å². The van der Waals surface area contributed by atoms with Crippen molar-refractivity contribution >= 4 is 39.9 Å². The number of rotatable bonds is 7. The van der Waals surface area contributed by atoms with Gasteiger partial charge in [0.15, 0.2) is 0 Å². The largest absolute Gasteiger partial charge is 0.380 e. The maximum Gasteiger partial charge on any atom is 0.224 e. The molecule has 168 valence electrons. The number of halogens is 2. The summed E-state index contributed by atoms with van der Waals surface area (Å²) >= 11 is 12.0. The molecule has 1 amide bonds. The van der Waals surface area contributed by atoms with E-state index in [-0.39, 0.29) is 11.9 Å². The standard InChI is InChI=1S/C26H28Cl2N2O2/c1-32-17-20-3-6-21-5-2-19(12-22(21)13-20)16-30-10-8-23(9-11-30)29-26(31)15-18-4-7-24(27)25(28)14-18/h2-7,12-14,23H,8-11,15-17H2,1H3,(H,29,31). The fourth-order valence-electron chi connectivity index (χ4n) is 4.31. The number of carbonyl (C=O) groups is 1. The molecule has 1 aliphatic rings. The predicted molar refractivity (Wildman–Crippen MR) is 131 cm³/mol. The molecule has 1 saturated heterocycles. The van der Waals surface area contributed by atoms with Crippen molar-refractivity contribution in [3.05, 3.63) is 81.3 Å². The van der Waals surface area contributed by atoms with Gasteiger partial charge < -0.3 is 10.1 Å². The molecule has 1 aliphatic heterocycles. The summed E-state index contributed by atoms with van der Waals surface area (Å²) in [4.78, 5) is 14.9. The first kappa shape index (κ1) is 23.1. The monoisotopic (exact) mass is 470 g/mol. The predicted octanol–water partition coefficient (Wildman–Crippen LogP) is 5.62. The summed E-state index contributed by atoms with van der Waals surface area (Å²) in [6.07, 6.45) is 2.23. The highest BCUT2D eigenvalue weighted by Crippen LogP contribution is 2.23. The van der Waals surface area contributed by atoms with Crippen LogP contribution in [0.25, 0.3) is 10.8 Å². The van der Waals surface area contributed by atoms with Crippen LogP contribution in [0.4, 0.5) is 0 Å². The number of likely N-dealkylation sites (tertiary alicyclic amines) is 1. The summed E-state index contributed by atoms with van der Waals surface area (Å²) in [5, 5.41) is 6.66. The average molecular weight is 471 g/mol. The molecule has 1 heterocycles. The van der Waals surface area contributed by atoms with Crippen molar-refractivity contribution in [2.75, 3.05) is 20.2 Å². The van der Waals surface area contributed by atoms with Crippen molar-refractivity contribution in [1.29, 1.82) is 0 Å². The minimum absolute atomic E-state index is 0.0308. The molecule has 0 saturated carbocycles. The second-order valence-electron chi connectivity index (χ2n) is 8.49. The van der Waals surface area contributed by atoms with E-state index >= 15 is 0 Å². The molecule has 0 aliphatic carbocycles. The molecule has 0 spiro atoms. The fraction of sp³-hybridized carbons (Fsp3) is 0.346. The van der Waals surface area contributed by atoms with E-state index in [0.29, 0.717) is 23.1 Å². The highest BCUT2D eigenvalue weighted by molar-refractivity contribution is 6.42. The van der Waals surface area contributed by atoms with Crippen LogP contribution in [0.5, 0.6) is 0 Å². The first-order chi connectivity index (χ1) is 15.5. The van der Waals surface area contributed by atoms with Crippen LogP contribution in [-0.2, 0) is 29.1 Å². The van der Waals surface area contributed by atoms with Gasteiger partial charge in [-0.25, -0.2) is 0 Å². The number of hydrogen-bond donors (Lipinski definition) is 1. The van der Waals surface area contributed by atoms with Crippen molar-refractivity contribution in [2.45, 2.75) is 38.5 Å². The number of hydrogen-bond acceptors (Lipinski definition) is 3. The smallest absolute Gasteiger partial charge is 0.224 e. The lowest BCUT2D eigenvalue weighted by molar-refractivity contribution is -0.121. The second kappa shape index (κ2) is 10.7. The van der Waals surface area contributed by atoms with E-state index in [4.69, 9.17) is 27.9 Å². The van der Waals surface area contributed by atoms with Crippen molar-refractivity contribution in [3.63, 3.8) is 0 Å². The van der Waals surface area contributed by atoms with E-state index < -0.39 is 0 Å². The average Bonchev–Trinajstić information content (AvgIpc) is 2.78. The molecular weight excluding hydrogens is 443 g/mol. The maximum absolute atomic E-state index is 12.4. The molecule has 0 radical (unpaired) electrons. The lowest BCUT2D eigenvalue weighted by atomic mass is 10.0. The normalized spacial score (nSPS) is 15.2. The first-order valence-corrected chi connectivity index (χ1v) is 11.7. The van der Waals surface area contributed by atoms with E-state index in [1.807, 2.05) is 6.07 Å². The summed E-state index contributed by atoms with van der Waals surface area (Å²) in [6, 6.07) is 18.7. The summed E-state index contributed by atoms with van der Waals surface area (Å²) in [5.41, 5.74) is 3.38. The third kappa shape index (κ3) is 6.02. The number of amides is 1. The van der Waals surface area contributed by atoms with E-state index in [0.717, 1.165) is 38.0 Å². The molecule has 3 aromatic carbocycles. The molecule has 0 bridgehead atoms. The molecule has 6 heteroatoms. The van der Waals surface area contributed by atoms with Crippen LogP contribution in [0.15, 0.2) is 54.6 Å². The zero-order chi connectivity index (χ0) is 22.5. The number of carbonyl (C=O) groups excluding carboxylic acids is 1. The van der Waals surface area contributed by atoms with Gasteiger partial charge in [-0.2, -0.15) is 0 Å². The molecule has 4 nitrogen and oxygen atoms in total. The van der Waals surface area contributed by atoms with Gasteiger partial charge >= 0.3 is 0 Å². The molecule has 32 heavy (non-hydrogen) atoms. The molecule has 0 atom stereocenters. The maximum atomic E-state index is 12.4. The van der Waals surface area contributed by atoms with Crippen molar-refractivity contribution in [2.24, 2.45) is 0 Å². The van der Waals surface area contributed by atoms with Crippen LogP contribution < -0.4 is 5.32 Å². The molecule has 1 N–H and O–H groups in total. The Morgan fingerprint density at radius 1 is 0.938 bits per heavy atom. The Hall–Kier alpha value is -2.11. The molecule has 0 unspecified atom stereocenters. The Bertz CT molecular complexity index is 1090. The molecule has 1 fully saturated rings. The van der Waals surface area contributed by atoms with Crippen LogP contribution in [0, 0.1) is 0 Å². The number of piperidine rings is 1.